The van der Waals surface area contributed by atoms with E-state index in [2.05, 4.69) is 15.5 Å². The third-order valence-corrected chi connectivity index (χ3v) is 5.76. The number of carbonyl (C=O) groups excluding carboxylic acids is 1. The van der Waals surface area contributed by atoms with Crippen LogP contribution < -0.4 is 15.2 Å². The standard InChI is InChI=1S/C19H20N4O5S2/c1-12-4-3-5-15(10-12)27-11-17-22-23-19(28-17)29-13(2)18(24)21-14-6-8-16(9-7-14)30(20,25)26/h3-10,13H,11H2,1-2H3,(H,21,24)(H2,20,25,26)/t13-/m0/s1. The SMILES string of the molecule is Cc1cccc(OCc2nnc(S[C@@H](C)C(=O)Nc3ccc(S(N)(=O)=O)cc3)o2)c1. The van der Waals surface area contributed by atoms with Gasteiger partial charge < -0.3 is 14.5 Å². The number of amides is 1. The van der Waals surface area contributed by atoms with E-state index in [-0.39, 0.29) is 22.6 Å². The molecule has 1 aromatic heterocycles. The fourth-order valence-electron chi connectivity index (χ4n) is 2.37. The van der Waals surface area contributed by atoms with Gasteiger partial charge in [-0.15, -0.1) is 10.2 Å². The Morgan fingerprint density at radius 1 is 1.23 bits per heavy atom. The fourth-order valence-corrected chi connectivity index (χ4v) is 3.59. The summed E-state index contributed by atoms with van der Waals surface area (Å²) in [7, 11) is -3.78. The van der Waals surface area contributed by atoms with Crippen molar-refractivity contribution in [3.63, 3.8) is 0 Å². The van der Waals surface area contributed by atoms with E-state index in [0.29, 0.717) is 17.3 Å². The molecule has 3 N–H and O–H groups in total. The lowest BCUT2D eigenvalue weighted by atomic mass is 10.2. The summed E-state index contributed by atoms with van der Waals surface area (Å²) < 4.78 is 33.7. The molecule has 0 aliphatic rings. The maximum atomic E-state index is 12.4. The number of hydrogen-bond donors (Lipinski definition) is 2. The van der Waals surface area contributed by atoms with Crippen LogP contribution in [0.5, 0.6) is 5.75 Å². The maximum absolute atomic E-state index is 12.4. The number of ether oxygens (including phenoxy) is 1. The summed E-state index contributed by atoms with van der Waals surface area (Å²) in [6.07, 6.45) is 0. The predicted octanol–water partition coefficient (Wildman–Crippen LogP) is 2.72. The van der Waals surface area contributed by atoms with Gasteiger partial charge in [-0.05, 0) is 55.8 Å². The van der Waals surface area contributed by atoms with E-state index in [4.69, 9.17) is 14.3 Å². The molecule has 158 valence electrons. The Morgan fingerprint density at radius 3 is 2.63 bits per heavy atom. The third kappa shape index (κ3) is 6.05. The number of hydrogen-bond acceptors (Lipinski definition) is 8. The van der Waals surface area contributed by atoms with E-state index in [1.54, 1.807) is 6.92 Å². The third-order valence-electron chi connectivity index (χ3n) is 3.90. The summed E-state index contributed by atoms with van der Waals surface area (Å²) in [4.78, 5) is 12.3. The number of nitrogens with two attached hydrogens (primary N) is 1. The Hall–Kier alpha value is -2.89. The largest absolute Gasteiger partial charge is 0.484 e. The Morgan fingerprint density at radius 2 is 1.97 bits per heavy atom. The number of benzene rings is 2. The van der Waals surface area contributed by atoms with Gasteiger partial charge in [0.25, 0.3) is 11.1 Å². The van der Waals surface area contributed by atoms with Crippen LogP contribution in [0, 0.1) is 6.92 Å². The molecule has 11 heteroatoms. The number of aromatic nitrogens is 2. The van der Waals surface area contributed by atoms with E-state index < -0.39 is 15.3 Å². The predicted molar refractivity (Wildman–Crippen MR) is 112 cm³/mol. The summed E-state index contributed by atoms with van der Waals surface area (Å²) in [5.41, 5.74) is 1.52. The summed E-state index contributed by atoms with van der Waals surface area (Å²) in [5.74, 6) is 0.688. The van der Waals surface area contributed by atoms with Crippen LogP contribution >= 0.6 is 11.8 Å². The second-order valence-electron chi connectivity index (χ2n) is 6.39. The molecule has 3 rings (SSSR count). The summed E-state index contributed by atoms with van der Waals surface area (Å²) in [5, 5.41) is 15.3. The zero-order chi connectivity index (χ0) is 21.7. The molecule has 1 amide bonds. The molecule has 1 heterocycles. The molecular weight excluding hydrogens is 428 g/mol. The Labute approximate surface area is 178 Å². The van der Waals surface area contributed by atoms with Gasteiger partial charge in [0.2, 0.25) is 15.9 Å². The van der Waals surface area contributed by atoms with Crippen molar-refractivity contribution in [3.05, 3.63) is 60.0 Å². The molecule has 0 aliphatic heterocycles. The van der Waals surface area contributed by atoms with E-state index >= 15 is 0 Å². The number of nitrogens with zero attached hydrogens (tertiary/aromatic N) is 2. The first kappa shape index (κ1) is 21.8. The zero-order valence-corrected chi connectivity index (χ0v) is 17.9. The highest BCUT2D eigenvalue weighted by atomic mass is 32.2. The normalized spacial score (nSPS) is 12.4. The summed E-state index contributed by atoms with van der Waals surface area (Å²) in [6, 6.07) is 13.2. The average molecular weight is 449 g/mol. The van der Waals surface area contributed by atoms with Crippen molar-refractivity contribution in [1.29, 1.82) is 0 Å². The minimum absolute atomic E-state index is 0.0332. The molecule has 0 unspecified atom stereocenters. The quantitative estimate of drug-likeness (QED) is 0.502. The number of aryl methyl sites for hydroxylation is 1. The molecule has 0 spiro atoms. The van der Waals surface area contributed by atoms with Crippen LogP contribution in [-0.4, -0.2) is 29.8 Å². The minimum Gasteiger partial charge on any atom is -0.484 e. The first-order valence-corrected chi connectivity index (χ1v) is 11.3. The highest BCUT2D eigenvalue weighted by molar-refractivity contribution is 8.00. The lowest BCUT2D eigenvalue weighted by Crippen LogP contribution is -2.22. The second kappa shape index (κ2) is 9.28. The van der Waals surface area contributed by atoms with Gasteiger partial charge in [-0.3, -0.25) is 4.79 Å². The van der Waals surface area contributed by atoms with Gasteiger partial charge in [-0.25, -0.2) is 13.6 Å². The van der Waals surface area contributed by atoms with E-state index in [1.165, 1.54) is 24.3 Å². The van der Waals surface area contributed by atoms with Crippen LogP contribution in [0.25, 0.3) is 0 Å². The van der Waals surface area contributed by atoms with Crippen molar-refractivity contribution >= 4 is 33.4 Å². The van der Waals surface area contributed by atoms with Crippen molar-refractivity contribution in [2.45, 2.75) is 35.8 Å². The maximum Gasteiger partial charge on any atom is 0.277 e. The van der Waals surface area contributed by atoms with Gasteiger partial charge in [0.15, 0.2) is 6.61 Å². The molecule has 9 nitrogen and oxygen atoms in total. The Kier molecular flexibility index (Phi) is 6.75. The number of primary sulfonamides is 1. The number of carbonyl (C=O) groups is 1. The zero-order valence-electron chi connectivity index (χ0n) is 16.2. The van der Waals surface area contributed by atoms with Crippen molar-refractivity contribution in [2.75, 3.05) is 5.32 Å². The molecule has 2 aromatic carbocycles. The van der Waals surface area contributed by atoms with Crippen molar-refractivity contribution in [3.8, 4) is 5.75 Å². The van der Waals surface area contributed by atoms with Crippen LogP contribution in [0.15, 0.2) is 63.1 Å². The molecule has 3 aromatic rings. The highest BCUT2D eigenvalue weighted by Gasteiger charge is 2.19. The van der Waals surface area contributed by atoms with Crippen molar-refractivity contribution in [1.82, 2.24) is 10.2 Å². The van der Waals surface area contributed by atoms with E-state index in [0.717, 1.165) is 17.3 Å². The smallest absolute Gasteiger partial charge is 0.277 e. The van der Waals surface area contributed by atoms with Gasteiger partial charge in [0.1, 0.15) is 5.75 Å². The molecule has 0 aliphatic carbocycles. The monoisotopic (exact) mass is 448 g/mol. The summed E-state index contributed by atoms with van der Waals surface area (Å²) in [6.45, 7) is 3.77. The van der Waals surface area contributed by atoms with Crippen molar-refractivity contribution in [2.24, 2.45) is 5.14 Å². The van der Waals surface area contributed by atoms with Gasteiger partial charge in [-0.1, -0.05) is 23.9 Å². The molecule has 0 radical (unpaired) electrons. The number of thioether (sulfide) groups is 1. The molecule has 0 saturated carbocycles. The van der Waals surface area contributed by atoms with Gasteiger partial charge in [0.05, 0.1) is 10.1 Å². The molecule has 1 atom stereocenters. The number of nitrogens with one attached hydrogen (secondary N) is 1. The number of anilines is 1. The number of sulfonamides is 1. The second-order valence-corrected chi connectivity index (χ2v) is 9.24. The van der Waals surface area contributed by atoms with Crippen LogP contribution in [0.4, 0.5) is 5.69 Å². The van der Waals surface area contributed by atoms with E-state index in [9.17, 15) is 13.2 Å². The van der Waals surface area contributed by atoms with E-state index in [1.807, 2.05) is 31.2 Å². The van der Waals surface area contributed by atoms with Crippen molar-refractivity contribution < 1.29 is 22.4 Å². The highest BCUT2D eigenvalue weighted by Crippen LogP contribution is 2.24. The fraction of sp³-hybridized carbons (Fsp3) is 0.211. The Bertz CT molecular complexity index is 1130. The van der Waals surface area contributed by atoms with Crippen LogP contribution in [0.2, 0.25) is 0 Å². The van der Waals surface area contributed by atoms with Crippen LogP contribution in [-0.2, 0) is 21.4 Å². The summed E-state index contributed by atoms with van der Waals surface area (Å²) >= 11 is 1.10. The molecular formula is C19H20N4O5S2. The van der Waals surface area contributed by atoms with Gasteiger partial charge in [0, 0.05) is 5.69 Å². The number of rotatable bonds is 8. The topological polar surface area (TPSA) is 137 Å². The average Bonchev–Trinajstić information content (AvgIpc) is 3.13. The van der Waals surface area contributed by atoms with Gasteiger partial charge in [-0.2, -0.15) is 0 Å². The van der Waals surface area contributed by atoms with Crippen LogP contribution in [0.1, 0.15) is 18.4 Å². The first-order valence-electron chi connectivity index (χ1n) is 8.83. The molecule has 0 saturated heterocycles. The Balaban J connectivity index is 1.53. The molecule has 0 bridgehead atoms. The lowest BCUT2D eigenvalue weighted by molar-refractivity contribution is -0.115. The molecule has 0 fully saturated rings. The van der Waals surface area contributed by atoms with Gasteiger partial charge >= 0.3 is 0 Å². The lowest BCUT2D eigenvalue weighted by Gasteiger charge is -2.10. The first-order chi connectivity index (χ1) is 14.2. The van der Waals surface area contributed by atoms with Crippen LogP contribution in [0.3, 0.4) is 0 Å². The minimum atomic E-state index is -3.78. The molecule has 30 heavy (non-hydrogen) atoms.